The lowest BCUT2D eigenvalue weighted by atomic mass is 9.78. The van der Waals surface area contributed by atoms with Crippen LogP contribution in [0.1, 0.15) is 33.3 Å². The zero-order valence-corrected chi connectivity index (χ0v) is 14.6. The van der Waals surface area contributed by atoms with Gasteiger partial charge < -0.3 is 14.0 Å². The minimum atomic E-state index is -0.431. The molecule has 1 heterocycles. The minimum absolute atomic E-state index is 0.213. The van der Waals surface area contributed by atoms with Gasteiger partial charge in [-0.25, -0.2) is 0 Å². The average molecular weight is 355 g/mol. The standard InChI is InChI=1S/C15H20BBrO4/c1-14(2)15(3,4)21-16(20-14)11-6-7-12(17)10(8-11)9-13(18)19-5/h6-8H,9H2,1-5H3. The van der Waals surface area contributed by atoms with Crippen LogP contribution in [-0.4, -0.2) is 31.4 Å². The summed E-state index contributed by atoms with van der Waals surface area (Å²) in [5.41, 5.74) is 0.991. The predicted molar refractivity (Wildman–Crippen MR) is 85.6 cm³/mol. The second kappa shape index (κ2) is 5.74. The molecule has 6 heteroatoms. The number of methoxy groups -OCH3 is 1. The summed E-state index contributed by atoms with van der Waals surface area (Å²) >= 11 is 3.45. The van der Waals surface area contributed by atoms with Crippen LogP contribution in [-0.2, 0) is 25.3 Å². The molecule has 0 bridgehead atoms. The Hall–Kier alpha value is -0.845. The second-order valence-corrected chi connectivity index (χ2v) is 7.05. The number of rotatable bonds is 3. The van der Waals surface area contributed by atoms with Crippen molar-refractivity contribution in [1.82, 2.24) is 0 Å². The molecule has 0 aromatic heterocycles. The van der Waals surface area contributed by atoms with Crippen molar-refractivity contribution in [1.29, 1.82) is 0 Å². The van der Waals surface area contributed by atoms with Crippen molar-refractivity contribution in [3.8, 4) is 0 Å². The first kappa shape index (κ1) is 16.5. The fourth-order valence-corrected chi connectivity index (χ4v) is 2.47. The normalized spacial score (nSPS) is 19.6. The molecule has 0 atom stereocenters. The Labute approximate surface area is 134 Å². The monoisotopic (exact) mass is 354 g/mol. The van der Waals surface area contributed by atoms with Gasteiger partial charge in [0.15, 0.2) is 0 Å². The number of halogens is 1. The van der Waals surface area contributed by atoms with E-state index in [1.165, 1.54) is 7.11 Å². The van der Waals surface area contributed by atoms with Gasteiger partial charge in [-0.3, -0.25) is 4.79 Å². The summed E-state index contributed by atoms with van der Waals surface area (Å²) in [6.07, 6.45) is 0.213. The maximum atomic E-state index is 11.5. The molecule has 1 fully saturated rings. The third kappa shape index (κ3) is 3.33. The van der Waals surface area contributed by atoms with E-state index < -0.39 is 7.12 Å². The SMILES string of the molecule is COC(=O)Cc1cc(B2OC(C)(C)C(C)(C)O2)ccc1Br. The molecular formula is C15H20BBrO4. The highest BCUT2D eigenvalue weighted by Crippen LogP contribution is 2.36. The summed E-state index contributed by atoms with van der Waals surface area (Å²) in [4.78, 5) is 11.5. The molecule has 0 unspecified atom stereocenters. The summed E-state index contributed by atoms with van der Waals surface area (Å²) in [5.74, 6) is -0.276. The van der Waals surface area contributed by atoms with E-state index in [2.05, 4.69) is 15.9 Å². The molecular weight excluding hydrogens is 335 g/mol. The van der Waals surface area contributed by atoms with E-state index in [4.69, 9.17) is 14.0 Å². The molecule has 0 amide bonds. The summed E-state index contributed by atoms with van der Waals surface area (Å²) in [6.45, 7) is 8.06. The molecule has 4 nitrogen and oxygen atoms in total. The lowest BCUT2D eigenvalue weighted by Gasteiger charge is -2.32. The van der Waals surface area contributed by atoms with E-state index in [1.54, 1.807) is 0 Å². The first-order valence-electron chi connectivity index (χ1n) is 6.87. The van der Waals surface area contributed by atoms with Crippen molar-refractivity contribution in [2.24, 2.45) is 0 Å². The zero-order valence-electron chi connectivity index (χ0n) is 13.0. The molecule has 114 valence electrons. The summed E-state index contributed by atoms with van der Waals surface area (Å²) in [5, 5.41) is 0. The maximum Gasteiger partial charge on any atom is 0.494 e. The molecule has 1 aromatic rings. The first-order valence-corrected chi connectivity index (χ1v) is 7.66. The van der Waals surface area contributed by atoms with Crippen LogP contribution in [0.3, 0.4) is 0 Å². The van der Waals surface area contributed by atoms with Gasteiger partial charge in [0, 0.05) is 4.47 Å². The Morgan fingerprint density at radius 3 is 2.33 bits per heavy atom. The van der Waals surface area contributed by atoms with Crippen molar-refractivity contribution in [3.63, 3.8) is 0 Å². The number of ether oxygens (including phenoxy) is 1. The predicted octanol–water partition coefficient (Wildman–Crippen LogP) is 2.46. The Balaban J connectivity index is 2.26. The third-order valence-electron chi connectivity index (χ3n) is 4.16. The number of hydrogen-bond donors (Lipinski definition) is 0. The van der Waals surface area contributed by atoms with Crippen LogP contribution in [0.15, 0.2) is 22.7 Å². The molecule has 0 aliphatic carbocycles. The van der Waals surface area contributed by atoms with Crippen molar-refractivity contribution in [3.05, 3.63) is 28.2 Å². The molecule has 21 heavy (non-hydrogen) atoms. The van der Waals surface area contributed by atoms with Crippen LogP contribution in [0.4, 0.5) is 0 Å². The van der Waals surface area contributed by atoms with Crippen LogP contribution in [0.2, 0.25) is 0 Å². The minimum Gasteiger partial charge on any atom is -0.469 e. The van der Waals surface area contributed by atoms with Crippen molar-refractivity contribution >= 4 is 34.5 Å². The molecule has 1 saturated heterocycles. The average Bonchev–Trinajstić information content (AvgIpc) is 2.61. The van der Waals surface area contributed by atoms with Crippen molar-refractivity contribution in [2.45, 2.75) is 45.3 Å². The van der Waals surface area contributed by atoms with Gasteiger partial charge in [0.25, 0.3) is 0 Å². The van der Waals surface area contributed by atoms with Gasteiger partial charge in [0.05, 0.1) is 24.7 Å². The number of esters is 1. The Bertz CT molecular complexity index is 541. The zero-order chi connectivity index (χ0) is 15.8. The Morgan fingerprint density at radius 1 is 1.24 bits per heavy atom. The largest absolute Gasteiger partial charge is 0.494 e. The van der Waals surface area contributed by atoms with Crippen molar-refractivity contribution in [2.75, 3.05) is 7.11 Å². The van der Waals surface area contributed by atoms with E-state index in [0.717, 1.165) is 15.5 Å². The van der Waals surface area contributed by atoms with E-state index in [-0.39, 0.29) is 23.6 Å². The quantitative estimate of drug-likeness (QED) is 0.617. The highest BCUT2D eigenvalue weighted by molar-refractivity contribution is 9.10. The summed E-state index contributed by atoms with van der Waals surface area (Å²) < 4.78 is 17.6. The third-order valence-corrected chi connectivity index (χ3v) is 4.93. The molecule has 0 N–H and O–H groups in total. The molecule has 2 rings (SSSR count). The van der Waals surface area contributed by atoms with Crippen LogP contribution in [0.5, 0.6) is 0 Å². The smallest absolute Gasteiger partial charge is 0.469 e. The molecule has 0 spiro atoms. The highest BCUT2D eigenvalue weighted by Gasteiger charge is 2.51. The summed E-state index contributed by atoms with van der Waals surface area (Å²) in [6, 6.07) is 5.76. The Morgan fingerprint density at radius 2 is 1.81 bits per heavy atom. The van der Waals surface area contributed by atoms with Gasteiger partial charge in [-0.1, -0.05) is 28.1 Å². The van der Waals surface area contributed by atoms with Gasteiger partial charge in [0.1, 0.15) is 0 Å². The van der Waals surface area contributed by atoms with E-state index in [0.29, 0.717) is 0 Å². The molecule has 1 aliphatic rings. The van der Waals surface area contributed by atoms with Gasteiger partial charge in [0.2, 0.25) is 0 Å². The number of benzene rings is 1. The molecule has 0 saturated carbocycles. The Kier molecular flexibility index (Phi) is 4.52. The van der Waals surface area contributed by atoms with Gasteiger partial charge in [-0.15, -0.1) is 0 Å². The number of hydrogen-bond acceptors (Lipinski definition) is 4. The highest BCUT2D eigenvalue weighted by atomic mass is 79.9. The van der Waals surface area contributed by atoms with E-state index in [9.17, 15) is 4.79 Å². The van der Waals surface area contributed by atoms with Crippen LogP contribution in [0.25, 0.3) is 0 Å². The fraction of sp³-hybridized carbons (Fsp3) is 0.533. The fourth-order valence-electron chi connectivity index (χ4n) is 2.08. The molecule has 1 aliphatic heterocycles. The van der Waals surface area contributed by atoms with Crippen LogP contribution in [0, 0.1) is 0 Å². The van der Waals surface area contributed by atoms with Crippen molar-refractivity contribution < 1.29 is 18.8 Å². The van der Waals surface area contributed by atoms with Crippen LogP contribution >= 0.6 is 15.9 Å². The molecule has 0 radical (unpaired) electrons. The van der Waals surface area contributed by atoms with Gasteiger partial charge in [-0.05, 0) is 44.8 Å². The topological polar surface area (TPSA) is 44.8 Å². The van der Waals surface area contributed by atoms with E-state index in [1.807, 2.05) is 45.9 Å². The summed E-state index contributed by atoms with van der Waals surface area (Å²) in [7, 11) is 0.952. The number of carbonyl (C=O) groups excluding carboxylic acids is 1. The second-order valence-electron chi connectivity index (χ2n) is 6.19. The van der Waals surface area contributed by atoms with Gasteiger partial charge >= 0.3 is 13.1 Å². The van der Waals surface area contributed by atoms with Gasteiger partial charge in [-0.2, -0.15) is 0 Å². The lowest BCUT2D eigenvalue weighted by Crippen LogP contribution is -2.41. The number of carbonyl (C=O) groups is 1. The first-order chi connectivity index (χ1) is 9.66. The lowest BCUT2D eigenvalue weighted by molar-refractivity contribution is -0.139. The van der Waals surface area contributed by atoms with Crippen LogP contribution < -0.4 is 5.46 Å². The van der Waals surface area contributed by atoms with E-state index >= 15 is 0 Å². The maximum absolute atomic E-state index is 11.5. The molecule has 1 aromatic carbocycles.